The van der Waals surface area contributed by atoms with E-state index in [2.05, 4.69) is 25.8 Å². The van der Waals surface area contributed by atoms with Crippen LogP contribution in [0.4, 0.5) is 0 Å². The van der Waals surface area contributed by atoms with Crippen LogP contribution in [0.5, 0.6) is 0 Å². The summed E-state index contributed by atoms with van der Waals surface area (Å²) in [6, 6.07) is 0. The van der Waals surface area contributed by atoms with E-state index in [0.717, 1.165) is 10.5 Å². The first-order valence-electron chi connectivity index (χ1n) is 2.55. The molecule has 0 aromatic carbocycles. The molecule has 0 aliphatic carbocycles. The average molecular weight is 141 g/mol. The summed E-state index contributed by atoms with van der Waals surface area (Å²) < 4.78 is 0. The Balaban J connectivity index is 4.17. The SMILES string of the molecule is C=C(N)C=C(S)C(=C)C. The fourth-order valence-corrected chi connectivity index (χ4v) is 0.465. The summed E-state index contributed by atoms with van der Waals surface area (Å²) in [6.45, 7) is 9.02. The quantitative estimate of drug-likeness (QED) is 0.445. The van der Waals surface area contributed by atoms with Gasteiger partial charge in [-0.1, -0.05) is 13.2 Å². The van der Waals surface area contributed by atoms with Crippen LogP contribution in [0, 0.1) is 0 Å². The summed E-state index contributed by atoms with van der Waals surface area (Å²) in [7, 11) is 0. The zero-order valence-electron chi connectivity index (χ0n) is 5.52. The highest BCUT2D eigenvalue weighted by atomic mass is 32.1. The Morgan fingerprint density at radius 2 is 2.00 bits per heavy atom. The second-order valence-electron chi connectivity index (χ2n) is 1.88. The van der Waals surface area contributed by atoms with Crippen molar-refractivity contribution in [1.82, 2.24) is 0 Å². The van der Waals surface area contributed by atoms with Gasteiger partial charge in [0.1, 0.15) is 0 Å². The van der Waals surface area contributed by atoms with E-state index in [9.17, 15) is 0 Å². The Labute approximate surface area is 61.4 Å². The molecule has 0 rings (SSSR count). The van der Waals surface area contributed by atoms with E-state index in [1.807, 2.05) is 6.92 Å². The number of hydrogen-bond acceptors (Lipinski definition) is 2. The first-order chi connectivity index (χ1) is 4.04. The van der Waals surface area contributed by atoms with Gasteiger partial charge >= 0.3 is 0 Å². The molecule has 2 heteroatoms. The third-order valence-electron chi connectivity index (χ3n) is 0.759. The van der Waals surface area contributed by atoms with Crippen molar-refractivity contribution in [2.45, 2.75) is 6.92 Å². The second-order valence-corrected chi connectivity index (χ2v) is 2.37. The molecule has 0 spiro atoms. The summed E-state index contributed by atoms with van der Waals surface area (Å²) in [5.41, 5.74) is 6.67. The molecular weight excluding hydrogens is 130 g/mol. The zero-order chi connectivity index (χ0) is 7.44. The average Bonchev–Trinajstić information content (AvgIpc) is 1.63. The van der Waals surface area contributed by atoms with Gasteiger partial charge in [0.15, 0.2) is 0 Å². The third kappa shape index (κ3) is 3.91. The number of hydrogen-bond donors (Lipinski definition) is 2. The maximum atomic E-state index is 5.27. The molecule has 1 nitrogen and oxygen atoms in total. The summed E-state index contributed by atoms with van der Waals surface area (Å²) in [5.74, 6) is 0. The molecule has 9 heavy (non-hydrogen) atoms. The van der Waals surface area contributed by atoms with Crippen LogP contribution in [0.15, 0.2) is 35.4 Å². The maximum Gasteiger partial charge on any atom is 0.0252 e. The highest BCUT2D eigenvalue weighted by molar-refractivity contribution is 7.84. The monoisotopic (exact) mass is 141 g/mol. The molecule has 0 saturated carbocycles. The van der Waals surface area contributed by atoms with E-state index in [1.165, 1.54) is 0 Å². The third-order valence-corrected chi connectivity index (χ3v) is 1.27. The van der Waals surface area contributed by atoms with Gasteiger partial charge in [-0.15, -0.1) is 12.6 Å². The molecule has 0 atom stereocenters. The van der Waals surface area contributed by atoms with Gasteiger partial charge in [0.2, 0.25) is 0 Å². The van der Waals surface area contributed by atoms with E-state index in [0.29, 0.717) is 5.70 Å². The normalized spacial score (nSPS) is 11.1. The van der Waals surface area contributed by atoms with E-state index in [1.54, 1.807) is 6.08 Å². The van der Waals surface area contributed by atoms with Crippen LogP contribution in [0.25, 0.3) is 0 Å². The molecule has 0 bridgehead atoms. The van der Waals surface area contributed by atoms with E-state index in [4.69, 9.17) is 5.73 Å². The van der Waals surface area contributed by atoms with E-state index >= 15 is 0 Å². The van der Waals surface area contributed by atoms with Gasteiger partial charge in [-0.2, -0.15) is 0 Å². The predicted molar refractivity (Wildman–Crippen MR) is 45.2 cm³/mol. The summed E-state index contributed by atoms with van der Waals surface area (Å²) in [4.78, 5) is 0.780. The van der Waals surface area contributed by atoms with Gasteiger partial charge < -0.3 is 5.73 Å². The van der Waals surface area contributed by atoms with Crippen LogP contribution in [-0.2, 0) is 0 Å². The van der Waals surface area contributed by atoms with Crippen molar-refractivity contribution in [3.05, 3.63) is 35.4 Å². The van der Waals surface area contributed by atoms with E-state index in [-0.39, 0.29) is 0 Å². The van der Waals surface area contributed by atoms with Crippen LogP contribution >= 0.6 is 12.6 Å². The molecule has 0 radical (unpaired) electrons. The van der Waals surface area contributed by atoms with Gasteiger partial charge in [-0.3, -0.25) is 0 Å². The van der Waals surface area contributed by atoms with Crippen LogP contribution in [-0.4, -0.2) is 0 Å². The minimum Gasteiger partial charge on any atom is -0.399 e. The molecule has 0 heterocycles. The molecule has 0 aliphatic rings. The van der Waals surface area contributed by atoms with Crippen molar-refractivity contribution < 1.29 is 0 Å². The molecule has 0 amide bonds. The highest BCUT2D eigenvalue weighted by Crippen LogP contribution is 2.11. The minimum absolute atomic E-state index is 0.503. The number of allylic oxidation sites excluding steroid dienone is 2. The van der Waals surface area contributed by atoms with Crippen molar-refractivity contribution in [2.75, 3.05) is 0 Å². The van der Waals surface area contributed by atoms with Crippen molar-refractivity contribution in [3.8, 4) is 0 Å². The predicted octanol–water partition coefficient (Wildman–Crippen LogP) is 1.85. The molecule has 0 unspecified atom stereocenters. The van der Waals surface area contributed by atoms with Gasteiger partial charge in [0.25, 0.3) is 0 Å². The Morgan fingerprint density at radius 3 is 2.11 bits per heavy atom. The molecular formula is C7H11NS. The number of rotatable bonds is 2. The smallest absolute Gasteiger partial charge is 0.0252 e. The first kappa shape index (κ1) is 8.37. The molecule has 0 aromatic heterocycles. The van der Waals surface area contributed by atoms with Gasteiger partial charge in [0, 0.05) is 10.6 Å². The standard InChI is InChI=1S/C7H11NS/c1-5(2)7(9)4-6(3)8/h4,9H,1,3,8H2,2H3. The minimum atomic E-state index is 0.503. The van der Waals surface area contributed by atoms with Crippen molar-refractivity contribution in [1.29, 1.82) is 0 Å². The molecule has 50 valence electrons. The second kappa shape index (κ2) is 3.41. The molecule has 0 saturated heterocycles. The molecule has 0 fully saturated rings. The van der Waals surface area contributed by atoms with Gasteiger partial charge in [-0.25, -0.2) is 0 Å². The summed E-state index contributed by atoms with van der Waals surface area (Å²) in [5, 5.41) is 0. The molecule has 0 aliphatic heterocycles. The van der Waals surface area contributed by atoms with Crippen molar-refractivity contribution >= 4 is 12.6 Å². The lowest BCUT2D eigenvalue weighted by atomic mass is 10.3. The Kier molecular flexibility index (Phi) is 3.17. The van der Waals surface area contributed by atoms with E-state index < -0.39 is 0 Å². The molecule has 0 aromatic rings. The number of nitrogens with two attached hydrogens (primary N) is 1. The Morgan fingerprint density at radius 1 is 1.56 bits per heavy atom. The van der Waals surface area contributed by atoms with Crippen molar-refractivity contribution in [2.24, 2.45) is 5.73 Å². The summed E-state index contributed by atoms with van der Waals surface area (Å²) >= 11 is 4.09. The molecule has 2 N–H and O–H groups in total. The zero-order valence-corrected chi connectivity index (χ0v) is 6.41. The van der Waals surface area contributed by atoms with Crippen LogP contribution in [0.3, 0.4) is 0 Å². The van der Waals surface area contributed by atoms with Gasteiger partial charge in [0.05, 0.1) is 0 Å². The lowest BCUT2D eigenvalue weighted by Gasteiger charge is -1.95. The number of thiol groups is 1. The largest absolute Gasteiger partial charge is 0.399 e. The summed E-state index contributed by atoms with van der Waals surface area (Å²) in [6.07, 6.45) is 1.67. The van der Waals surface area contributed by atoms with Crippen LogP contribution < -0.4 is 5.73 Å². The van der Waals surface area contributed by atoms with Gasteiger partial charge in [-0.05, 0) is 18.6 Å². The first-order valence-corrected chi connectivity index (χ1v) is 2.99. The fourth-order valence-electron chi connectivity index (χ4n) is 0.299. The topological polar surface area (TPSA) is 26.0 Å². The van der Waals surface area contributed by atoms with Crippen molar-refractivity contribution in [3.63, 3.8) is 0 Å². The highest BCUT2D eigenvalue weighted by Gasteiger charge is 1.88. The maximum absolute atomic E-state index is 5.27. The Bertz CT molecular complexity index is 168. The lowest BCUT2D eigenvalue weighted by Crippen LogP contribution is -1.90. The van der Waals surface area contributed by atoms with Crippen LogP contribution in [0.1, 0.15) is 6.92 Å². The Hall–Kier alpha value is -0.630. The van der Waals surface area contributed by atoms with Crippen LogP contribution in [0.2, 0.25) is 0 Å². The fraction of sp³-hybridized carbons (Fsp3) is 0.143. The lowest BCUT2D eigenvalue weighted by molar-refractivity contribution is 1.42.